The number of likely N-dealkylation sites (tertiary alicyclic amines) is 1. The number of fused-ring (bicyclic) bond motifs is 1. The Balaban J connectivity index is 1.93. The molecule has 0 saturated carbocycles. The van der Waals surface area contributed by atoms with Gasteiger partial charge < -0.3 is 5.32 Å². The second-order valence-corrected chi connectivity index (χ2v) is 7.51. The smallest absolute Gasteiger partial charge is 0.178 e. The molecule has 0 aliphatic carbocycles. The van der Waals surface area contributed by atoms with Crippen LogP contribution in [0.1, 0.15) is 24.4 Å². The highest BCUT2D eigenvalue weighted by atomic mass is 32.2. The lowest BCUT2D eigenvalue weighted by atomic mass is 10.0. The third kappa shape index (κ3) is 2.30. The van der Waals surface area contributed by atoms with Crippen LogP contribution in [-0.4, -0.2) is 45.2 Å². The van der Waals surface area contributed by atoms with Crippen LogP contribution in [0.15, 0.2) is 29.2 Å². The Bertz CT molecular complexity index is 571. The number of hydrogen-bond donors (Lipinski definition) is 1. The molecule has 5 heteroatoms. The summed E-state index contributed by atoms with van der Waals surface area (Å²) in [4.78, 5) is 2.97. The minimum atomic E-state index is -3.07. The lowest BCUT2D eigenvalue weighted by Gasteiger charge is -2.32. The quantitative estimate of drug-likeness (QED) is 0.884. The largest absolute Gasteiger partial charge is 0.316 e. The second kappa shape index (κ2) is 4.89. The van der Waals surface area contributed by atoms with E-state index in [-0.39, 0.29) is 11.8 Å². The van der Waals surface area contributed by atoms with E-state index in [0.717, 1.165) is 31.5 Å². The Morgan fingerprint density at radius 1 is 1.26 bits per heavy atom. The van der Waals surface area contributed by atoms with E-state index in [4.69, 9.17) is 0 Å². The van der Waals surface area contributed by atoms with Crippen LogP contribution in [0.4, 0.5) is 0 Å². The predicted octanol–water partition coefficient (Wildman–Crippen LogP) is 1.20. The van der Waals surface area contributed by atoms with Crippen molar-refractivity contribution in [2.45, 2.75) is 29.8 Å². The highest BCUT2D eigenvalue weighted by Gasteiger charge is 2.35. The molecule has 19 heavy (non-hydrogen) atoms. The topological polar surface area (TPSA) is 49.4 Å². The first kappa shape index (κ1) is 13.1. The SMILES string of the molecule is CNC1CCN(C2CCS(=O)(=O)c3ccccc32)C1. The number of hydrogen-bond acceptors (Lipinski definition) is 4. The molecule has 0 radical (unpaired) electrons. The van der Waals surface area contributed by atoms with Crippen molar-refractivity contribution in [3.8, 4) is 0 Å². The fourth-order valence-corrected chi connectivity index (χ4v) is 4.86. The predicted molar refractivity (Wildman–Crippen MR) is 74.9 cm³/mol. The van der Waals surface area contributed by atoms with Crippen molar-refractivity contribution >= 4 is 9.84 Å². The standard InChI is InChI=1S/C14H20N2O2S/c1-15-11-6-8-16(10-11)13-7-9-19(17,18)14-5-3-2-4-12(13)14/h2-5,11,13,15H,6-10H2,1H3. The van der Waals surface area contributed by atoms with Crippen molar-refractivity contribution in [1.29, 1.82) is 0 Å². The number of nitrogens with one attached hydrogen (secondary N) is 1. The van der Waals surface area contributed by atoms with Gasteiger partial charge in [-0.15, -0.1) is 0 Å². The van der Waals surface area contributed by atoms with Crippen molar-refractivity contribution in [3.63, 3.8) is 0 Å². The highest BCUT2D eigenvalue weighted by Crippen LogP contribution is 2.37. The van der Waals surface area contributed by atoms with Crippen molar-refractivity contribution in [3.05, 3.63) is 29.8 Å². The zero-order chi connectivity index (χ0) is 13.5. The average Bonchev–Trinajstić information content (AvgIpc) is 2.88. The van der Waals surface area contributed by atoms with E-state index < -0.39 is 9.84 Å². The van der Waals surface area contributed by atoms with Crippen LogP contribution in [0.5, 0.6) is 0 Å². The molecule has 0 spiro atoms. The molecule has 2 aliphatic rings. The summed E-state index contributed by atoms with van der Waals surface area (Å²) in [7, 11) is -1.07. The fraction of sp³-hybridized carbons (Fsp3) is 0.571. The lowest BCUT2D eigenvalue weighted by Crippen LogP contribution is -2.35. The molecule has 1 aromatic carbocycles. The van der Waals surface area contributed by atoms with Crippen molar-refractivity contribution < 1.29 is 8.42 Å². The zero-order valence-corrected chi connectivity index (χ0v) is 12.0. The zero-order valence-electron chi connectivity index (χ0n) is 11.2. The monoisotopic (exact) mass is 280 g/mol. The van der Waals surface area contributed by atoms with Gasteiger partial charge in [-0.05, 0) is 31.5 Å². The molecule has 2 atom stereocenters. The van der Waals surface area contributed by atoms with Crippen molar-refractivity contribution in [2.24, 2.45) is 0 Å². The molecule has 0 bridgehead atoms. The molecule has 1 fully saturated rings. The highest BCUT2D eigenvalue weighted by molar-refractivity contribution is 7.91. The van der Waals surface area contributed by atoms with E-state index in [1.54, 1.807) is 6.07 Å². The van der Waals surface area contributed by atoms with Gasteiger partial charge >= 0.3 is 0 Å². The Hall–Kier alpha value is -0.910. The maximum atomic E-state index is 12.1. The molecular formula is C14H20N2O2S. The molecule has 2 unspecified atom stereocenters. The number of sulfone groups is 1. The van der Waals surface area contributed by atoms with Gasteiger partial charge in [-0.3, -0.25) is 4.90 Å². The van der Waals surface area contributed by atoms with Crippen LogP contribution in [-0.2, 0) is 9.84 Å². The second-order valence-electron chi connectivity index (χ2n) is 5.43. The van der Waals surface area contributed by atoms with Crippen LogP contribution in [0.2, 0.25) is 0 Å². The third-order valence-corrected chi connectivity index (χ3v) is 6.16. The summed E-state index contributed by atoms with van der Waals surface area (Å²) in [6, 6.07) is 8.28. The van der Waals surface area contributed by atoms with E-state index in [9.17, 15) is 8.42 Å². The summed E-state index contributed by atoms with van der Waals surface area (Å²) in [6.07, 6.45) is 1.86. The first-order valence-electron chi connectivity index (χ1n) is 6.85. The lowest BCUT2D eigenvalue weighted by molar-refractivity contribution is 0.229. The minimum absolute atomic E-state index is 0.262. The molecular weight excluding hydrogens is 260 g/mol. The molecule has 2 aliphatic heterocycles. The first-order chi connectivity index (χ1) is 9.12. The number of benzene rings is 1. The van der Waals surface area contributed by atoms with E-state index in [0.29, 0.717) is 10.9 Å². The van der Waals surface area contributed by atoms with E-state index >= 15 is 0 Å². The number of rotatable bonds is 2. The van der Waals surface area contributed by atoms with Gasteiger partial charge in [0, 0.05) is 25.2 Å². The average molecular weight is 280 g/mol. The van der Waals surface area contributed by atoms with Gasteiger partial charge in [-0.2, -0.15) is 0 Å². The van der Waals surface area contributed by atoms with Gasteiger partial charge in [0.25, 0.3) is 0 Å². The molecule has 1 aromatic rings. The molecule has 104 valence electrons. The van der Waals surface area contributed by atoms with Gasteiger partial charge in [-0.1, -0.05) is 18.2 Å². The Morgan fingerprint density at radius 2 is 2.05 bits per heavy atom. The van der Waals surface area contributed by atoms with E-state index in [1.165, 1.54) is 0 Å². The van der Waals surface area contributed by atoms with Crippen molar-refractivity contribution in [2.75, 3.05) is 25.9 Å². The fourth-order valence-electron chi connectivity index (χ4n) is 3.26. The van der Waals surface area contributed by atoms with Gasteiger partial charge in [0.05, 0.1) is 10.6 Å². The summed E-state index contributed by atoms with van der Waals surface area (Å²) in [5.74, 6) is 0.273. The summed E-state index contributed by atoms with van der Waals surface area (Å²) in [5, 5.41) is 3.31. The van der Waals surface area contributed by atoms with Crippen molar-refractivity contribution in [1.82, 2.24) is 10.2 Å². The maximum absolute atomic E-state index is 12.1. The Labute approximate surface area is 114 Å². The minimum Gasteiger partial charge on any atom is -0.316 e. The summed E-state index contributed by atoms with van der Waals surface area (Å²) >= 11 is 0. The molecule has 3 rings (SSSR count). The van der Waals surface area contributed by atoms with Crippen LogP contribution in [0.3, 0.4) is 0 Å². The summed E-state index contributed by atoms with van der Waals surface area (Å²) < 4.78 is 24.2. The summed E-state index contributed by atoms with van der Waals surface area (Å²) in [5.41, 5.74) is 0.991. The molecule has 0 aromatic heterocycles. The van der Waals surface area contributed by atoms with Crippen LogP contribution in [0, 0.1) is 0 Å². The van der Waals surface area contributed by atoms with E-state index in [1.807, 2.05) is 25.2 Å². The molecule has 2 heterocycles. The maximum Gasteiger partial charge on any atom is 0.178 e. The first-order valence-corrected chi connectivity index (χ1v) is 8.50. The Kier molecular flexibility index (Phi) is 3.37. The third-order valence-electron chi connectivity index (χ3n) is 4.34. The van der Waals surface area contributed by atoms with Gasteiger partial charge in [0.1, 0.15) is 0 Å². The Morgan fingerprint density at radius 3 is 2.79 bits per heavy atom. The van der Waals surface area contributed by atoms with Crippen LogP contribution < -0.4 is 5.32 Å². The van der Waals surface area contributed by atoms with E-state index in [2.05, 4.69) is 10.2 Å². The van der Waals surface area contributed by atoms with Gasteiger partial charge in [-0.25, -0.2) is 8.42 Å². The molecule has 4 nitrogen and oxygen atoms in total. The molecule has 0 amide bonds. The van der Waals surface area contributed by atoms with Gasteiger partial charge in [0.2, 0.25) is 0 Å². The van der Waals surface area contributed by atoms with Crippen LogP contribution in [0.25, 0.3) is 0 Å². The normalized spacial score (nSPS) is 30.2. The molecule has 1 saturated heterocycles. The van der Waals surface area contributed by atoms with Crippen LogP contribution >= 0.6 is 0 Å². The van der Waals surface area contributed by atoms with Gasteiger partial charge in [0.15, 0.2) is 9.84 Å². The molecule has 1 N–H and O–H groups in total. The number of nitrogens with zero attached hydrogens (tertiary/aromatic N) is 1. The summed E-state index contributed by atoms with van der Waals surface area (Å²) in [6.45, 7) is 2.06. The number of likely N-dealkylation sites (N-methyl/N-ethyl adjacent to an activating group) is 1.